The van der Waals surface area contributed by atoms with Crippen LogP contribution in [0.4, 0.5) is 0 Å². The maximum absolute atomic E-state index is 11.8. The molecule has 2 rings (SSSR count). The third-order valence-corrected chi connectivity index (χ3v) is 3.52. The molecule has 114 valence electrons. The van der Waals surface area contributed by atoms with Gasteiger partial charge >= 0.3 is 0 Å². The minimum absolute atomic E-state index is 0.348. The summed E-state index contributed by atoms with van der Waals surface area (Å²) in [5.41, 5.74) is 3.49. The Morgan fingerprint density at radius 2 is 1.73 bits per heavy atom. The highest BCUT2D eigenvalue weighted by Crippen LogP contribution is 2.33. The molecule has 7 heteroatoms. The number of rotatable bonds is 4. The highest BCUT2D eigenvalue weighted by Gasteiger charge is 2.08. The van der Waals surface area contributed by atoms with Crippen LogP contribution < -0.4 is 10.2 Å². The summed E-state index contributed by atoms with van der Waals surface area (Å²) in [6, 6.07) is 9.73. The van der Waals surface area contributed by atoms with Gasteiger partial charge in [-0.1, -0.05) is 34.8 Å². The van der Waals surface area contributed by atoms with Gasteiger partial charge in [-0.2, -0.15) is 5.10 Å². The number of hydrogen-bond donors (Lipinski definition) is 1. The number of ether oxygens (including phenoxy) is 1. The zero-order chi connectivity index (χ0) is 16.1. The number of nitrogens with zero attached hydrogens (tertiary/aromatic N) is 1. The number of nitrogens with one attached hydrogen (secondary N) is 1. The first kappa shape index (κ1) is 16.6. The van der Waals surface area contributed by atoms with E-state index in [4.69, 9.17) is 39.5 Å². The molecule has 0 atom stereocenters. The molecule has 0 bridgehead atoms. The number of methoxy groups -OCH3 is 1. The molecule has 0 fully saturated rings. The number of benzene rings is 2. The van der Waals surface area contributed by atoms with Gasteiger partial charge in [-0.25, -0.2) is 5.43 Å². The van der Waals surface area contributed by atoms with Crippen molar-refractivity contribution in [3.05, 3.63) is 62.6 Å². The normalized spacial score (nSPS) is 10.7. The topological polar surface area (TPSA) is 50.7 Å². The Labute approximate surface area is 142 Å². The zero-order valence-corrected chi connectivity index (χ0v) is 13.7. The lowest BCUT2D eigenvalue weighted by molar-refractivity contribution is 0.0955. The number of carbonyl (C=O) groups is 1. The van der Waals surface area contributed by atoms with Crippen LogP contribution in [0.2, 0.25) is 15.1 Å². The summed E-state index contributed by atoms with van der Waals surface area (Å²) in [5.74, 6) is 0.0457. The van der Waals surface area contributed by atoms with E-state index in [2.05, 4.69) is 10.5 Å². The van der Waals surface area contributed by atoms with Gasteiger partial charge in [-0.15, -0.1) is 0 Å². The minimum atomic E-state index is -0.348. The molecule has 0 spiro atoms. The average molecular weight is 358 g/mol. The Kier molecular flexibility index (Phi) is 5.66. The summed E-state index contributed by atoms with van der Waals surface area (Å²) in [7, 11) is 1.48. The van der Waals surface area contributed by atoms with E-state index in [9.17, 15) is 4.79 Å². The fourth-order valence-corrected chi connectivity index (χ4v) is 2.46. The molecule has 0 aromatic heterocycles. The SMILES string of the molecule is COc1c(Cl)cc(C=NNC(=O)c2ccc(Cl)cc2)cc1Cl. The Hall–Kier alpha value is -1.75. The molecule has 0 saturated carbocycles. The molecular formula is C15H11Cl3N2O2. The summed E-state index contributed by atoms with van der Waals surface area (Å²) in [6.07, 6.45) is 1.44. The fraction of sp³-hybridized carbons (Fsp3) is 0.0667. The second-order valence-electron chi connectivity index (χ2n) is 4.22. The molecule has 0 heterocycles. The van der Waals surface area contributed by atoms with Gasteiger partial charge in [0.15, 0.2) is 5.75 Å². The maximum atomic E-state index is 11.8. The summed E-state index contributed by atoms with van der Waals surface area (Å²) in [5, 5.41) is 5.14. The highest BCUT2D eigenvalue weighted by molar-refractivity contribution is 6.37. The number of hydrogen-bond acceptors (Lipinski definition) is 3. The van der Waals surface area contributed by atoms with Gasteiger partial charge < -0.3 is 4.74 Å². The van der Waals surface area contributed by atoms with Crippen LogP contribution in [-0.2, 0) is 0 Å². The molecule has 0 radical (unpaired) electrons. The second-order valence-corrected chi connectivity index (χ2v) is 5.47. The van der Waals surface area contributed by atoms with Crippen LogP contribution in [-0.4, -0.2) is 19.2 Å². The summed E-state index contributed by atoms with van der Waals surface area (Å²) in [4.78, 5) is 11.8. The van der Waals surface area contributed by atoms with E-state index in [1.165, 1.54) is 13.3 Å². The van der Waals surface area contributed by atoms with Crippen molar-refractivity contribution in [3.63, 3.8) is 0 Å². The third kappa shape index (κ3) is 4.13. The van der Waals surface area contributed by atoms with Crippen molar-refractivity contribution in [2.45, 2.75) is 0 Å². The van der Waals surface area contributed by atoms with E-state index in [1.54, 1.807) is 36.4 Å². The van der Waals surface area contributed by atoms with Crippen LogP contribution in [0, 0.1) is 0 Å². The number of amides is 1. The predicted molar refractivity (Wildman–Crippen MR) is 89.5 cm³/mol. The predicted octanol–water partition coefficient (Wildman–Crippen LogP) is 4.42. The van der Waals surface area contributed by atoms with Gasteiger partial charge in [-0.05, 0) is 42.0 Å². The van der Waals surface area contributed by atoms with E-state index < -0.39 is 0 Å². The molecule has 0 aliphatic rings. The summed E-state index contributed by atoms with van der Waals surface area (Å²) >= 11 is 17.8. The Bertz CT molecular complexity index is 692. The van der Waals surface area contributed by atoms with Crippen molar-refractivity contribution >= 4 is 46.9 Å². The maximum Gasteiger partial charge on any atom is 0.271 e. The first-order valence-corrected chi connectivity index (χ1v) is 7.26. The number of halogens is 3. The highest BCUT2D eigenvalue weighted by atomic mass is 35.5. The Balaban J connectivity index is 2.06. The van der Waals surface area contributed by atoms with Gasteiger partial charge in [0.05, 0.1) is 23.4 Å². The van der Waals surface area contributed by atoms with Crippen molar-refractivity contribution in [2.24, 2.45) is 5.10 Å². The Morgan fingerprint density at radius 3 is 2.27 bits per heavy atom. The lowest BCUT2D eigenvalue weighted by Gasteiger charge is -2.06. The van der Waals surface area contributed by atoms with Gasteiger partial charge in [0.1, 0.15) is 0 Å². The average Bonchev–Trinajstić information content (AvgIpc) is 2.47. The molecule has 2 aromatic carbocycles. The first-order chi connectivity index (χ1) is 10.5. The fourth-order valence-electron chi connectivity index (χ4n) is 1.68. The largest absolute Gasteiger partial charge is 0.494 e. The van der Waals surface area contributed by atoms with Crippen molar-refractivity contribution in [1.29, 1.82) is 0 Å². The molecule has 0 aliphatic heterocycles. The third-order valence-electron chi connectivity index (χ3n) is 2.71. The van der Waals surface area contributed by atoms with E-state index >= 15 is 0 Å². The van der Waals surface area contributed by atoms with Gasteiger partial charge in [0.2, 0.25) is 0 Å². The van der Waals surface area contributed by atoms with E-state index in [0.29, 0.717) is 31.9 Å². The van der Waals surface area contributed by atoms with E-state index in [-0.39, 0.29) is 5.91 Å². The quantitative estimate of drug-likeness (QED) is 0.650. The van der Waals surface area contributed by atoms with Crippen LogP contribution >= 0.6 is 34.8 Å². The van der Waals surface area contributed by atoms with Crippen LogP contribution in [0.3, 0.4) is 0 Å². The molecule has 22 heavy (non-hydrogen) atoms. The van der Waals surface area contributed by atoms with Crippen LogP contribution in [0.25, 0.3) is 0 Å². The van der Waals surface area contributed by atoms with E-state index in [0.717, 1.165) is 0 Å². The molecule has 2 aromatic rings. The number of carbonyl (C=O) groups excluding carboxylic acids is 1. The zero-order valence-electron chi connectivity index (χ0n) is 11.4. The van der Waals surface area contributed by atoms with Crippen molar-refractivity contribution in [1.82, 2.24) is 5.43 Å². The van der Waals surface area contributed by atoms with Gasteiger partial charge in [-0.3, -0.25) is 4.79 Å². The molecule has 1 amide bonds. The molecule has 0 aliphatic carbocycles. The van der Waals surface area contributed by atoms with Gasteiger partial charge in [0.25, 0.3) is 5.91 Å². The molecule has 0 unspecified atom stereocenters. The van der Waals surface area contributed by atoms with Gasteiger partial charge in [0, 0.05) is 10.6 Å². The van der Waals surface area contributed by atoms with Crippen molar-refractivity contribution in [2.75, 3.05) is 7.11 Å². The molecule has 4 nitrogen and oxygen atoms in total. The van der Waals surface area contributed by atoms with Crippen LogP contribution in [0.15, 0.2) is 41.5 Å². The van der Waals surface area contributed by atoms with Crippen molar-refractivity contribution in [3.8, 4) is 5.75 Å². The molecular weight excluding hydrogens is 347 g/mol. The van der Waals surface area contributed by atoms with E-state index in [1.807, 2.05) is 0 Å². The lowest BCUT2D eigenvalue weighted by atomic mass is 10.2. The number of hydrazone groups is 1. The Morgan fingerprint density at radius 1 is 1.14 bits per heavy atom. The summed E-state index contributed by atoms with van der Waals surface area (Å²) < 4.78 is 5.05. The molecule has 0 saturated heterocycles. The standard InChI is InChI=1S/C15H11Cl3N2O2/c1-22-14-12(17)6-9(7-13(14)18)8-19-20-15(21)10-2-4-11(16)5-3-10/h2-8H,1H3,(H,20,21). The minimum Gasteiger partial charge on any atom is -0.494 e. The monoisotopic (exact) mass is 356 g/mol. The van der Waals surface area contributed by atoms with Crippen LogP contribution in [0.5, 0.6) is 5.75 Å². The summed E-state index contributed by atoms with van der Waals surface area (Å²) in [6.45, 7) is 0. The van der Waals surface area contributed by atoms with Crippen molar-refractivity contribution < 1.29 is 9.53 Å². The smallest absolute Gasteiger partial charge is 0.271 e. The lowest BCUT2D eigenvalue weighted by Crippen LogP contribution is -2.17. The first-order valence-electron chi connectivity index (χ1n) is 6.13. The molecule has 1 N–H and O–H groups in total. The second kappa shape index (κ2) is 7.49. The van der Waals surface area contributed by atoms with Crippen LogP contribution in [0.1, 0.15) is 15.9 Å².